The molecule has 2 aromatic carbocycles. The zero-order valence-electron chi connectivity index (χ0n) is 20.7. The smallest absolute Gasteiger partial charge is 0.234 e. The van der Waals surface area contributed by atoms with E-state index in [-0.39, 0.29) is 17.8 Å². The van der Waals surface area contributed by atoms with E-state index in [0.29, 0.717) is 17.5 Å². The Labute approximate surface area is 206 Å². The van der Waals surface area contributed by atoms with E-state index in [1.54, 1.807) is 6.08 Å². The number of anilines is 1. The molecule has 1 unspecified atom stereocenters. The lowest BCUT2D eigenvalue weighted by atomic mass is 10.0. The zero-order valence-corrected chi connectivity index (χ0v) is 21.5. The van der Waals surface area contributed by atoms with E-state index in [0.717, 1.165) is 46.5 Å². The molecule has 0 fully saturated rings. The van der Waals surface area contributed by atoms with Gasteiger partial charge < -0.3 is 10.1 Å². The van der Waals surface area contributed by atoms with Crippen LogP contribution in [0.3, 0.4) is 0 Å². The number of hydrogen-bond donors (Lipinski definition) is 1. The van der Waals surface area contributed by atoms with E-state index in [1.807, 2.05) is 43.5 Å². The maximum Gasteiger partial charge on any atom is 0.234 e. The molecule has 3 rings (SSSR count). The number of carbonyl (C=O) groups excluding carboxylic acids is 1. The van der Waals surface area contributed by atoms with Gasteiger partial charge in [0.25, 0.3) is 0 Å². The predicted molar refractivity (Wildman–Crippen MR) is 140 cm³/mol. The highest BCUT2D eigenvalue weighted by molar-refractivity contribution is 7.99. The van der Waals surface area contributed by atoms with Gasteiger partial charge in [-0.1, -0.05) is 56.0 Å². The molecule has 1 atom stereocenters. The molecule has 7 heteroatoms. The molecule has 0 radical (unpaired) electrons. The number of benzene rings is 2. The second-order valence-corrected chi connectivity index (χ2v) is 9.26. The number of amides is 1. The van der Waals surface area contributed by atoms with Crippen LogP contribution in [0.4, 0.5) is 5.69 Å². The molecule has 1 N–H and O–H groups in total. The van der Waals surface area contributed by atoms with Crippen LogP contribution in [0.1, 0.15) is 55.0 Å². The molecule has 0 saturated carbocycles. The van der Waals surface area contributed by atoms with Gasteiger partial charge in [-0.25, -0.2) is 0 Å². The Morgan fingerprint density at radius 3 is 2.38 bits per heavy atom. The van der Waals surface area contributed by atoms with Gasteiger partial charge in [0.1, 0.15) is 5.75 Å². The molecular weight excluding hydrogens is 444 g/mol. The van der Waals surface area contributed by atoms with Crippen molar-refractivity contribution in [3.63, 3.8) is 0 Å². The number of carbonyl (C=O) groups is 1. The number of allylic oxidation sites excluding steroid dienone is 1. The molecular formula is C27H34N4O2S. The summed E-state index contributed by atoms with van der Waals surface area (Å²) >= 11 is 1.36. The summed E-state index contributed by atoms with van der Waals surface area (Å²) in [7, 11) is 0. The second kappa shape index (κ2) is 11.9. The van der Waals surface area contributed by atoms with Crippen molar-refractivity contribution in [1.29, 1.82) is 0 Å². The van der Waals surface area contributed by atoms with Gasteiger partial charge in [-0.15, -0.1) is 16.8 Å². The van der Waals surface area contributed by atoms with Crippen molar-refractivity contribution in [1.82, 2.24) is 14.8 Å². The average Bonchev–Trinajstić information content (AvgIpc) is 3.20. The first kappa shape index (κ1) is 25.6. The summed E-state index contributed by atoms with van der Waals surface area (Å²) in [6.45, 7) is 14.6. The van der Waals surface area contributed by atoms with Crippen molar-refractivity contribution in [2.24, 2.45) is 0 Å². The summed E-state index contributed by atoms with van der Waals surface area (Å²) in [4.78, 5) is 12.8. The first-order valence-corrected chi connectivity index (χ1v) is 12.7. The molecule has 1 amide bonds. The molecule has 0 saturated heterocycles. The summed E-state index contributed by atoms with van der Waals surface area (Å²) in [6.07, 6.45) is 3.23. The van der Waals surface area contributed by atoms with Gasteiger partial charge in [-0.3, -0.25) is 9.36 Å². The van der Waals surface area contributed by atoms with Gasteiger partial charge >= 0.3 is 0 Å². The van der Waals surface area contributed by atoms with Crippen LogP contribution in [0.25, 0.3) is 0 Å². The number of aryl methyl sites for hydroxylation is 4. The van der Waals surface area contributed by atoms with Crippen molar-refractivity contribution in [2.45, 2.75) is 65.3 Å². The van der Waals surface area contributed by atoms with E-state index in [4.69, 9.17) is 4.74 Å². The Morgan fingerprint density at radius 2 is 1.79 bits per heavy atom. The Bertz CT molecular complexity index is 1110. The van der Waals surface area contributed by atoms with Gasteiger partial charge in [0.05, 0.1) is 5.75 Å². The lowest BCUT2D eigenvalue weighted by Crippen LogP contribution is -2.17. The van der Waals surface area contributed by atoms with E-state index in [1.165, 1.54) is 11.8 Å². The number of rotatable bonds is 11. The molecule has 1 heterocycles. The number of nitrogens with zero attached hydrogens (tertiary/aromatic N) is 3. The van der Waals surface area contributed by atoms with Gasteiger partial charge in [0, 0.05) is 12.2 Å². The maximum atomic E-state index is 12.8. The number of hydrogen-bond acceptors (Lipinski definition) is 5. The van der Waals surface area contributed by atoms with Crippen LogP contribution in [0, 0.1) is 13.8 Å². The summed E-state index contributed by atoms with van der Waals surface area (Å²) in [6, 6.07) is 12.3. The Balaban J connectivity index is 1.72. The molecule has 34 heavy (non-hydrogen) atoms. The SMILES string of the molecule is C=CCn1c(SCC(=O)Nc2c(CC)cccc2CC)nnc1C(C)Oc1cc(C)cc(C)c1. The minimum absolute atomic E-state index is 0.0603. The van der Waals surface area contributed by atoms with Crippen LogP contribution >= 0.6 is 11.8 Å². The molecule has 0 aliphatic heterocycles. The van der Waals surface area contributed by atoms with Crippen LogP contribution < -0.4 is 10.1 Å². The highest BCUT2D eigenvalue weighted by Crippen LogP contribution is 2.27. The fourth-order valence-electron chi connectivity index (χ4n) is 3.97. The normalized spacial score (nSPS) is 11.8. The van der Waals surface area contributed by atoms with Crippen molar-refractivity contribution in [3.8, 4) is 5.75 Å². The molecule has 0 aliphatic carbocycles. The van der Waals surface area contributed by atoms with Gasteiger partial charge in [0.2, 0.25) is 5.91 Å². The van der Waals surface area contributed by atoms with E-state index in [9.17, 15) is 4.79 Å². The average molecular weight is 479 g/mol. The van der Waals surface area contributed by atoms with Crippen molar-refractivity contribution < 1.29 is 9.53 Å². The van der Waals surface area contributed by atoms with Crippen LogP contribution in [0.15, 0.2) is 54.2 Å². The molecule has 180 valence electrons. The molecule has 0 spiro atoms. The number of thioether (sulfide) groups is 1. The predicted octanol–water partition coefficient (Wildman–Crippen LogP) is 6.08. The van der Waals surface area contributed by atoms with Crippen molar-refractivity contribution in [2.75, 3.05) is 11.1 Å². The number of nitrogens with one attached hydrogen (secondary N) is 1. The third-order valence-corrected chi connectivity index (χ3v) is 6.49. The van der Waals surface area contributed by atoms with Crippen molar-refractivity contribution in [3.05, 3.63) is 77.1 Å². The second-order valence-electron chi connectivity index (χ2n) is 8.32. The summed E-state index contributed by atoms with van der Waals surface area (Å²) in [5.41, 5.74) is 5.52. The topological polar surface area (TPSA) is 69.0 Å². The minimum Gasteiger partial charge on any atom is -0.483 e. The van der Waals surface area contributed by atoms with E-state index < -0.39 is 0 Å². The minimum atomic E-state index is -0.305. The highest BCUT2D eigenvalue weighted by atomic mass is 32.2. The van der Waals surface area contributed by atoms with Crippen molar-refractivity contribution >= 4 is 23.4 Å². The van der Waals surface area contributed by atoms with Gasteiger partial charge in [-0.2, -0.15) is 0 Å². The van der Waals surface area contributed by atoms with E-state index in [2.05, 4.69) is 54.1 Å². The standard InChI is InChI=1S/C27H34N4O2S/c1-7-13-31-26(20(6)33-23-15-18(4)14-19(5)16-23)29-30-27(31)34-17-24(32)28-25-21(8-2)11-10-12-22(25)9-3/h7,10-12,14-16,20H,1,8-9,13,17H2,2-6H3,(H,28,32). The molecule has 3 aromatic rings. The fraction of sp³-hybridized carbons (Fsp3) is 0.370. The third kappa shape index (κ3) is 6.29. The largest absolute Gasteiger partial charge is 0.483 e. The van der Waals surface area contributed by atoms with Crippen LogP contribution in [0.5, 0.6) is 5.75 Å². The Hall–Kier alpha value is -3.06. The maximum absolute atomic E-state index is 12.8. The van der Waals surface area contributed by atoms with Crippen LogP contribution in [-0.4, -0.2) is 26.4 Å². The first-order chi connectivity index (χ1) is 16.4. The Kier molecular flexibility index (Phi) is 8.93. The van der Waals surface area contributed by atoms with Crippen LogP contribution in [0.2, 0.25) is 0 Å². The van der Waals surface area contributed by atoms with Crippen LogP contribution in [-0.2, 0) is 24.2 Å². The number of aromatic nitrogens is 3. The highest BCUT2D eigenvalue weighted by Gasteiger charge is 2.20. The molecule has 0 bridgehead atoms. The number of para-hydroxylation sites is 1. The Morgan fingerprint density at radius 1 is 1.15 bits per heavy atom. The van der Waals surface area contributed by atoms with Gasteiger partial charge in [0.15, 0.2) is 17.1 Å². The molecule has 0 aliphatic rings. The lowest BCUT2D eigenvalue weighted by molar-refractivity contribution is -0.113. The monoisotopic (exact) mass is 478 g/mol. The lowest BCUT2D eigenvalue weighted by Gasteiger charge is -2.17. The fourth-order valence-corrected chi connectivity index (χ4v) is 4.73. The molecule has 6 nitrogen and oxygen atoms in total. The quantitative estimate of drug-likeness (QED) is 0.267. The third-order valence-electron chi connectivity index (χ3n) is 5.52. The molecule has 1 aromatic heterocycles. The summed E-state index contributed by atoms with van der Waals surface area (Å²) in [5, 5.41) is 12.5. The van der Waals surface area contributed by atoms with Gasteiger partial charge in [-0.05, 0) is 68.0 Å². The zero-order chi connectivity index (χ0) is 24.7. The number of ether oxygens (including phenoxy) is 1. The first-order valence-electron chi connectivity index (χ1n) is 11.7. The summed E-state index contributed by atoms with van der Waals surface area (Å²) < 4.78 is 8.13. The summed E-state index contributed by atoms with van der Waals surface area (Å²) in [5.74, 6) is 1.68. The van der Waals surface area contributed by atoms with E-state index >= 15 is 0 Å².